The van der Waals surface area contributed by atoms with Gasteiger partial charge in [-0.1, -0.05) is 35.9 Å². The molecule has 0 unspecified atom stereocenters. The third kappa shape index (κ3) is 4.73. The number of rotatable bonds is 2. The monoisotopic (exact) mass is 433 g/mol. The molecule has 0 spiro atoms. The van der Waals surface area contributed by atoms with Crippen LogP contribution in [0.1, 0.15) is 22.4 Å². The summed E-state index contributed by atoms with van der Waals surface area (Å²) in [6.45, 7) is 4.01. The third-order valence-corrected chi connectivity index (χ3v) is 4.97. The molecule has 0 saturated carbocycles. The molecule has 0 fully saturated rings. The fraction of sp³-hybridized carbons (Fsp3) is 0.130. The first-order valence-corrected chi connectivity index (χ1v) is 10.0. The zero-order chi connectivity index (χ0) is 21.8. The Morgan fingerprint density at radius 2 is 1.87 bits per heavy atom. The predicted molar refractivity (Wildman–Crippen MR) is 122 cm³/mol. The molecule has 2 aromatic carbocycles. The molecule has 8 heteroatoms. The number of pyridine rings is 1. The van der Waals surface area contributed by atoms with E-state index in [0.717, 1.165) is 16.7 Å². The van der Waals surface area contributed by atoms with Crippen molar-refractivity contribution in [2.75, 3.05) is 11.9 Å². The van der Waals surface area contributed by atoms with Gasteiger partial charge in [0.25, 0.3) is 0 Å². The third-order valence-electron chi connectivity index (χ3n) is 4.73. The van der Waals surface area contributed by atoms with E-state index in [2.05, 4.69) is 25.8 Å². The van der Waals surface area contributed by atoms with Crippen molar-refractivity contribution in [1.82, 2.24) is 10.5 Å². The van der Waals surface area contributed by atoms with Crippen LogP contribution in [-0.2, 0) is 4.84 Å². The van der Waals surface area contributed by atoms with E-state index in [1.165, 1.54) is 0 Å². The molecule has 1 aliphatic heterocycles. The summed E-state index contributed by atoms with van der Waals surface area (Å²) in [6, 6.07) is 16.7. The van der Waals surface area contributed by atoms with Gasteiger partial charge in [-0.3, -0.25) is 15.3 Å². The van der Waals surface area contributed by atoms with Crippen molar-refractivity contribution < 1.29 is 9.63 Å². The van der Waals surface area contributed by atoms with Crippen LogP contribution in [0.15, 0.2) is 70.8 Å². The molecule has 2 N–H and O–H groups in total. The Morgan fingerprint density at radius 1 is 1.06 bits per heavy atom. The number of aliphatic imine (C=N–C) groups is 2. The van der Waals surface area contributed by atoms with Crippen LogP contribution in [0.5, 0.6) is 0 Å². The summed E-state index contributed by atoms with van der Waals surface area (Å²) in [6.07, 6.45) is 1.06. The van der Waals surface area contributed by atoms with Gasteiger partial charge in [0.05, 0.1) is 17.1 Å². The van der Waals surface area contributed by atoms with Crippen LogP contribution in [0.3, 0.4) is 0 Å². The summed E-state index contributed by atoms with van der Waals surface area (Å²) in [5.41, 5.74) is 8.00. The molecule has 0 radical (unpaired) electrons. The maximum Gasteiger partial charge on any atom is 0.435 e. The van der Waals surface area contributed by atoms with Crippen molar-refractivity contribution in [2.45, 2.75) is 13.8 Å². The lowest BCUT2D eigenvalue weighted by molar-refractivity contribution is 0.134. The number of carbonyl (C=O) groups is 1. The molecule has 1 aromatic heterocycles. The number of benzene rings is 2. The van der Waals surface area contributed by atoms with Gasteiger partial charge in [-0.2, -0.15) is 0 Å². The topological polar surface area (TPSA) is 88.0 Å². The lowest BCUT2D eigenvalue weighted by Gasteiger charge is -2.12. The molecule has 156 valence electrons. The van der Waals surface area contributed by atoms with Crippen LogP contribution in [0.2, 0.25) is 5.02 Å². The number of fused-ring (bicyclic) bond motifs is 1. The molecule has 0 bridgehead atoms. The molecular formula is C23H20ClN5O2. The maximum absolute atomic E-state index is 12.3. The largest absolute Gasteiger partial charge is 0.435 e. The van der Waals surface area contributed by atoms with Gasteiger partial charge < -0.3 is 4.84 Å². The number of nitrogens with zero attached hydrogens (tertiary/aromatic N) is 3. The lowest BCUT2D eigenvalue weighted by Crippen LogP contribution is -2.31. The fourth-order valence-electron chi connectivity index (χ4n) is 3.24. The van der Waals surface area contributed by atoms with E-state index in [9.17, 15) is 4.79 Å². The van der Waals surface area contributed by atoms with E-state index in [1.807, 2.05) is 50.2 Å². The van der Waals surface area contributed by atoms with E-state index in [-0.39, 0.29) is 6.54 Å². The molecule has 31 heavy (non-hydrogen) atoms. The van der Waals surface area contributed by atoms with Crippen molar-refractivity contribution in [3.05, 3.63) is 88.2 Å². The number of hydroxylamine groups is 1. The van der Waals surface area contributed by atoms with Crippen LogP contribution in [0.4, 0.5) is 16.2 Å². The Hall–Kier alpha value is -3.71. The molecule has 3 aromatic rings. The quantitative estimate of drug-likeness (QED) is 0.557. The van der Waals surface area contributed by atoms with Gasteiger partial charge in [0.2, 0.25) is 0 Å². The number of hydrogen-bond acceptors (Lipinski definition) is 6. The highest BCUT2D eigenvalue weighted by atomic mass is 35.5. The van der Waals surface area contributed by atoms with Gasteiger partial charge in [0.15, 0.2) is 5.84 Å². The predicted octanol–water partition coefficient (Wildman–Crippen LogP) is 4.99. The number of carbonyl (C=O) groups excluding carboxylic acids is 1. The maximum atomic E-state index is 12.3. The average molecular weight is 434 g/mol. The van der Waals surface area contributed by atoms with Crippen molar-refractivity contribution >= 4 is 40.6 Å². The zero-order valence-corrected chi connectivity index (χ0v) is 17.8. The van der Waals surface area contributed by atoms with Crippen LogP contribution >= 0.6 is 11.6 Å². The molecule has 0 aliphatic carbocycles. The van der Waals surface area contributed by atoms with E-state index in [1.54, 1.807) is 24.4 Å². The van der Waals surface area contributed by atoms with Crippen LogP contribution in [0, 0.1) is 13.8 Å². The molecule has 1 aliphatic rings. The van der Waals surface area contributed by atoms with E-state index >= 15 is 0 Å². The first kappa shape index (κ1) is 20.6. The van der Waals surface area contributed by atoms with E-state index < -0.39 is 6.09 Å². The molecule has 7 nitrogen and oxygen atoms in total. The van der Waals surface area contributed by atoms with Crippen LogP contribution in [-0.4, -0.2) is 29.2 Å². The van der Waals surface area contributed by atoms with Crippen molar-refractivity contribution in [3.8, 4) is 0 Å². The number of aromatic nitrogens is 1. The Kier molecular flexibility index (Phi) is 5.95. The number of para-hydroxylation sites is 1. The normalized spacial score (nSPS) is 12.7. The van der Waals surface area contributed by atoms with Gasteiger partial charge in [0, 0.05) is 22.5 Å². The number of amidine groups is 1. The van der Waals surface area contributed by atoms with Gasteiger partial charge in [0.1, 0.15) is 6.54 Å². The molecule has 0 saturated heterocycles. The van der Waals surface area contributed by atoms with Gasteiger partial charge in [-0.15, -0.1) is 0 Å². The van der Waals surface area contributed by atoms with Gasteiger partial charge in [-0.05, 0) is 55.3 Å². The highest BCUT2D eigenvalue weighted by molar-refractivity contribution is 6.31. The summed E-state index contributed by atoms with van der Waals surface area (Å²) >= 11 is 6.21. The van der Waals surface area contributed by atoms with Gasteiger partial charge in [-0.25, -0.2) is 15.3 Å². The van der Waals surface area contributed by atoms with Crippen molar-refractivity contribution in [1.29, 1.82) is 0 Å². The molecule has 1 amide bonds. The van der Waals surface area contributed by atoms with Crippen LogP contribution in [0.25, 0.3) is 0 Å². The van der Waals surface area contributed by atoms with Crippen LogP contribution < -0.4 is 10.8 Å². The number of hydrogen-bond donors (Lipinski definition) is 2. The molecular weight excluding hydrogens is 414 g/mol. The molecule has 4 rings (SSSR count). The Bertz CT molecular complexity index is 1170. The number of nitrogens with one attached hydrogen (secondary N) is 2. The standard InChI is InChI=1S/C23H20ClN5O2/c1-14-6-5-7-15(2)21(14)28-23(30)31-29-20-13-26-22(19-8-3-4-11-25-19)17-12-16(24)9-10-18(17)27-20/h3-12H,13H2,1-2H3,(H,27,29)(H,28,30). The average Bonchev–Trinajstić information content (AvgIpc) is 2.94. The second kappa shape index (κ2) is 8.97. The number of amides is 1. The Labute approximate surface area is 184 Å². The minimum Gasteiger partial charge on any atom is -0.323 e. The zero-order valence-electron chi connectivity index (χ0n) is 17.0. The van der Waals surface area contributed by atoms with E-state index in [4.69, 9.17) is 16.4 Å². The fourth-order valence-corrected chi connectivity index (χ4v) is 3.41. The summed E-state index contributed by atoms with van der Waals surface area (Å²) < 4.78 is 0. The number of anilines is 1. The molecule has 2 heterocycles. The smallest absolute Gasteiger partial charge is 0.323 e. The summed E-state index contributed by atoms with van der Waals surface area (Å²) in [5, 5.41) is 3.32. The first-order valence-electron chi connectivity index (χ1n) is 9.64. The van der Waals surface area contributed by atoms with E-state index in [0.29, 0.717) is 33.6 Å². The minimum absolute atomic E-state index is 0.175. The number of halogens is 1. The van der Waals surface area contributed by atoms with Crippen molar-refractivity contribution in [3.63, 3.8) is 0 Å². The van der Waals surface area contributed by atoms with Gasteiger partial charge >= 0.3 is 6.09 Å². The Morgan fingerprint density at radius 3 is 2.61 bits per heavy atom. The second-order valence-corrected chi connectivity index (χ2v) is 7.42. The summed E-state index contributed by atoms with van der Waals surface area (Å²) in [7, 11) is 0. The highest BCUT2D eigenvalue weighted by Gasteiger charge is 2.18. The second-order valence-electron chi connectivity index (χ2n) is 6.98. The highest BCUT2D eigenvalue weighted by Crippen LogP contribution is 2.28. The SMILES string of the molecule is Cc1cccc(C)c1NC(=O)ONC1=Nc2ccc(Cl)cc2C(c2ccccn2)=NC1. The molecule has 0 atom stereocenters. The first-order chi connectivity index (χ1) is 15.0. The minimum atomic E-state index is -0.644. The number of aryl methyl sites for hydroxylation is 2. The Balaban J connectivity index is 1.54. The lowest BCUT2D eigenvalue weighted by atomic mass is 10.0. The van der Waals surface area contributed by atoms with Crippen molar-refractivity contribution in [2.24, 2.45) is 9.98 Å². The summed E-state index contributed by atoms with van der Waals surface area (Å²) in [4.78, 5) is 31.1. The summed E-state index contributed by atoms with van der Waals surface area (Å²) in [5.74, 6) is 0.381.